The van der Waals surface area contributed by atoms with Crippen molar-refractivity contribution in [2.75, 3.05) is 7.11 Å². The summed E-state index contributed by atoms with van der Waals surface area (Å²) in [5, 5.41) is 11.7. The van der Waals surface area contributed by atoms with Crippen LogP contribution in [0, 0.1) is 0 Å². The third-order valence-electron chi connectivity index (χ3n) is 4.30. The molecule has 1 N–H and O–H groups in total. The van der Waals surface area contributed by atoms with Gasteiger partial charge in [0.25, 0.3) is 0 Å². The van der Waals surface area contributed by atoms with Crippen LogP contribution in [-0.4, -0.2) is 22.8 Å². The van der Waals surface area contributed by atoms with Crippen molar-refractivity contribution in [2.45, 2.75) is 37.4 Å². The Morgan fingerprint density at radius 2 is 2.05 bits per heavy atom. The molecule has 100 valence electrons. The van der Waals surface area contributed by atoms with Gasteiger partial charge in [-0.25, -0.2) is 0 Å². The Kier molecular flexibility index (Phi) is 3.25. The van der Waals surface area contributed by atoms with Crippen LogP contribution in [0.2, 0.25) is 0 Å². The Morgan fingerprint density at radius 1 is 1.26 bits per heavy atom. The highest BCUT2D eigenvalue weighted by Crippen LogP contribution is 2.42. The molecule has 0 aliphatic heterocycles. The molecule has 3 rings (SSSR count). The Hall–Kier alpha value is -1.45. The summed E-state index contributed by atoms with van der Waals surface area (Å²) in [6.45, 7) is 0. The van der Waals surface area contributed by atoms with E-state index in [1.165, 1.54) is 0 Å². The third-order valence-corrected chi connectivity index (χ3v) is 4.30. The highest BCUT2D eigenvalue weighted by Gasteiger charge is 2.41. The van der Waals surface area contributed by atoms with E-state index in [2.05, 4.69) is 4.98 Å². The monoisotopic (exact) mass is 257 g/mol. The standard InChI is InChI=1S/C16H19NO2/c1-19-16(8-2-3-9-16)15(18)13-6-7-14-12(11-13)5-4-10-17-14/h4-7,10-11,15,18H,2-3,8-9H2,1H3. The van der Waals surface area contributed by atoms with Crippen molar-refractivity contribution in [3.05, 3.63) is 42.1 Å². The number of methoxy groups -OCH3 is 1. The van der Waals surface area contributed by atoms with Crippen molar-refractivity contribution in [1.82, 2.24) is 4.98 Å². The first-order valence-corrected chi connectivity index (χ1v) is 6.83. The Labute approximate surface area is 113 Å². The molecule has 1 unspecified atom stereocenters. The second-order valence-corrected chi connectivity index (χ2v) is 5.33. The summed E-state index contributed by atoms with van der Waals surface area (Å²) in [5.74, 6) is 0. The van der Waals surface area contributed by atoms with Gasteiger partial charge >= 0.3 is 0 Å². The van der Waals surface area contributed by atoms with Gasteiger partial charge in [-0.05, 0) is 36.6 Å². The van der Waals surface area contributed by atoms with Gasteiger partial charge in [0.2, 0.25) is 0 Å². The molecule has 1 aromatic heterocycles. The average Bonchev–Trinajstić information content (AvgIpc) is 2.96. The molecule has 0 saturated heterocycles. The zero-order valence-corrected chi connectivity index (χ0v) is 11.2. The van der Waals surface area contributed by atoms with E-state index in [4.69, 9.17) is 4.74 Å². The Morgan fingerprint density at radius 3 is 2.79 bits per heavy atom. The maximum atomic E-state index is 10.7. The van der Waals surface area contributed by atoms with Gasteiger partial charge in [0.05, 0.1) is 11.1 Å². The molecule has 0 spiro atoms. The van der Waals surface area contributed by atoms with Crippen LogP contribution in [-0.2, 0) is 4.74 Å². The zero-order chi connectivity index (χ0) is 13.3. The fourth-order valence-corrected chi connectivity index (χ4v) is 3.13. The summed E-state index contributed by atoms with van der Waals surface area (Å²) in [7, 11) is 1.71. The van der Waals surface area contributed by atoms with Crippen molar-refractivity contribution >= 4 is 10.9 Å². The fraction of sp³-hybridized carbons (Fsp3) is 0.438. The van der Waals surface area contributed by atoms with Gasteiger partial charge in [-0.2, -0.15) is 0 Å². The molecule has 19 heavy (non-hydrogen) atoms. The maximum absolute atomic E-state index is 10.7. The number of nitrogens with zero attached hydrogens (tertiary/aromatic N) is 1. The predicted octanol–water partition coefficient (Wildman–Crippen LogP) is 3.23. The van der Waals surface area contributed by atoms with Crippen LogP contribution < -0.4 is 0 Å². The van der Waals surface area contributed by atoms with E-state index < -0.39 is 11.7 Å². The molecule has 1 heterocycles. The smallest absolute Gasteiger partial charge is 0.108 e. The maximum Gasteiger partial charge on any atom is 0.108 e. The van der Waals surface area contributed by atoms with Crippen LogP contribution in [0.4, 0.5) is 0 Å². The van der Waals surface area contributed by atoms with Crippen molar-refractivity contribution in [3.8, 4) is 0 Å². The number of benzene rings is 1. The van der Waals surface area contributed by atoms with Crippen LogP contribution in [0.25, 0.3) is 10.9 Å². The van der Waals surface area contributed by atoms with Crippen LogP contribution in [0.15, 0.2) is 36.5 Å². The van der Waals surface area contributed by atoms with Crippen molar-refractivity contribution < 1.29 is 9.84 Å². The van der Waals surface area contributed by atoms with Gasteiger partial charge in [0, 0.05) is 18.7 Å². The van der Waals surface area contributed by atoms with E-state index >= 15 is 0 Å². The second kappa shape index (κ2) is 4.91. The lowest BCUT2D eigenvalue weighted by molar-refractivity contribution is -0.100. The van der Waals surface area contributed by atoms with E-state index in [9.17, 15) is 5.11 Å². The minimum absolute atomic E-state index is 0.407. The summed E-state index contributed by atoms with van der Waals surface area (Å²) in [6, 6.07) is 9.88. The van der Waals surface area contributed by atoms with Gasteiger partial charge in [0.15, 0.2) is 0 Å². The third kappa shape index (κ3) is 2.13. The minimum Gasteiger partial charge on any atom is -0.385 e. The van der Waals surface area contributed by atoms with E-state index in [-0.39, 0.29) is 0 Å². The van der Waals surface area contributed by atoms with Crippen LogP contribution in [0.1, 0.15) is 37.4 Å². The molecule has 1 aliphatic rings. The normalized spacial score (nSPS) is 19.7. The number of pyridine rings is 1. The molecular weight excluding hydrogens is 238 g/mol. The molecular formula is C16H19NO2. The first kappa shape index (κ1) is 12.6. The van der Waals surface area contributed by atoms with Gasteiger partial charge in [-0.1, -0.05) is 25.0 Å². The molecule has 1 aromatic carbocycles. The molecule has 2 aromatic rings. The molecule has 0 amide bonds. The van der Waals surface area contributed by atoms with Crippen LogP contribution in [0.3, 0.4) is 0 Å². The van der Waals surface area contributed by atoms with Crippen molar-refractivity contribution in [1.29, 1.82) is 0 Å². The summed E-state index contributed by atoms with van der Waals surface area (Å²) < 4.78 is 5.66. The summed E-state index contributed by atoms with van der Waals surface area (Å²) in [6.07, 6.45) is 5.32. The number of ether oxygens (including phenoxy) is 1. The zero-order valence-electron chi connectivity index (χ0n) is 11.2. The Balaban J connectivity index is 1.99. The number of rotatable bonds is 3. The van der Waals surface area contributed by atoms with E-state index in [1.54, 1.807) is 13.3 Å². The average molecular weight is 257 g/mol. The lowest BCUT2D eigenvalue weighted by Gasteiger charge is -2.33. The summed E-state index contributed by atoms with van der Waals surface area (Å²) in [5.41, 5.74) is 1.47. The predicted molar refractivity (Wildman–Crippen MR) is 74.9 cm³/mol. The molecule has 3 heteroatoms. The van der Waals surface area contributed by atoms with Crippen LogP contribution >= 0.6 is 0 Å². The molecule has 1 saturated carbocycles. The number of aromatic nitrogens is 1. The SMILES string of the molecule is COC1(C(O)c2ccc3ncccc3c2)CCCC1. The minimum atomic E-state index is -0.565. The van der Waals surface area contributed by atoms with Gasteiger partial charge in [-0.15, -0.1) is 0 Å². The number of hydrogen-bond acceptors (Lipinski definition) is 3. The second-order valence-electron chi connectivity index (χ2n) is 5.33. The summed E-state index contributed by atoms with van der Waals surface area (Å²) >= 11 is 0. The largest absolute Gasteiger partial charge is 0.385 e. The van der Waals surface area contributed by atoms with Gasteiger partial charge in [-0.3, -0.25) is 4.98 Å². The van der Waals surface area contributed by atoms with Crippen molar-refractivity contribution in [3.63, 3.8) is 0 Å². The van der Waals surface area contributed by atoms with Crippen molar-refractivity contribution in [2.24, 2.45) is 0 Å². The van der Waals surface area contributed by atoms with E-state index in [0.29, 0.717) is 0 Å². The van der Waals surface area contributed by atoms with E-state index in [0.717, 1.165) is 42.1 Å². The van der Waals surface area contributed by atoms with Gasteiger partial charge < -0.3 is 9.84 Å². The topological polar surface area (TPSA) is 42.4 Å². The molecule has 1 aliphatic carbocycles. The number of hydrogen-bond donors (Lipinski definition) is 1. The van der Waals surface area contributed by atoms with E-state index in [1.807, 2.05) is 30.3 Å². The number of fused-ring (bicyclic) bond motifs is 1. The van der Waals surface area contributed by atoms with Crippen LogP contribution in [0.5, 0.6) is 0 Å². The first-order valence-electron chi connectivity index (χ1n) is 6.83. The number of aliphatic hydroxyl groups is 1. The Bertz CT molecular complexity index is 576. The molecule has 1 atom stereocenters. The lowest BCUT2D eigenvalue weighted by atomic mass is 9.88. The first-order chi connectivity index (χ1) is 9.25. The molecule has 0 bridgehead atoms. The highest BCUT2D eigenvalue weighted by atomic mass is 16.5. The van der Waals surface area contributed by atoms with Gasteiger partial charge in [0.1, 0.15) is 6.10 Å². The quantitative estimate of drug-likeness (QED) is 0.918. The highest BCUT2D eigenvalue weighted by molar-refractivity contribution is 5.79. The fourth-order valence-electron chi connectivity index (χ4n) is 3.13. The lowest BCUT2D eigenvalue weighted by Crippen LogP contribution is -2.35. The summed E-state index contributed by atoms with van der Waals surface area (Å²) in [4.78, 5) is 4.30. The number of aliphatic hydroxyl groups excluding tert-OH is 1. The molecule has 1 fully saturated rings. The molecule has 0 radical (unpaired) electrons. The molecule has 3 nitrogen and oxygen atoms in total.